The van der Waals surface area contributed by atoms with Gasteiger partial charge in [-0.1, -0.05) is 44.6 Å². The first-order valence-electron chi connectivity index (χ1n) is 6.82. The van der Waals surface area contributed by atoms with E-state index in [1.54, 1.807) is 0 Å². The van der Waals surface area contributed by atoms with Gasteiger partial charge in [-0.3, -0.25) is 0 Å². The van der Waals surface area contributed by atoms with Crippen molar-refractivity contribution in [3.05, 3.63) is 42.0 Å². The van der Waals surface area contributed by atoms with E-state index >= 15 is 0 Å². The number of hydrogen-bond acceptors (Lipinski definition) is 2. The molecule has 0 saturated carbocycles. The summed E-state index contributed by atoms with van der Waals surface area (Å²) < 4.78 is 5.63. The molecular weight excluding hydrogens is 222 g/mol. The molecular formula is C16H25NO. The van der Waals surface area contributed by atoms with Gasteiger partial charge in [0.05, 0.1) is 6.61 Å². The van der Waals surface area contributed by atoms with E-state index in [2.05, 4.69) is 32.6 Å². The summed E-state index contributed by atoms with van der Waals surface area (Å²) >= 11 is 0. The first-order chi connectivity index (χ1) is 8.67. The molecule has 0 amide bonds. The van der Waals surface area contributed by atoms with E-state index in [1.165, 1.54) is 5.57 Å². The van der Waals surface area contributed by atoms with Crippen LogP contribution >= 0.6 is 0 Å². The molecule has 0 aliphatic carbocycles. The van der Waals surface area contributed by atoms with E-state index in [4.69, 9.17) is 10.5 Å². The maximum atomic E-state index is 6.14. The van der Waals surface area contributed by atoms with E-state index in [1.807, 2.05) is 12.1 Å². The van der Waals surface area contributed by atoms with Crippen LogP contribution in [0, 0.1) is 0 Å². The molecule has 0 bridgehead atoms. The van der Waals surface area contributed by atoms with Gasteiger partial charge in [0.15, 0.2) is 0 Å². The minimum absolute atomic E-state index is 0.0436. The van der Waals surface area contributed by atoms with Crippen molar-refractivity contribution in [2.75, 3.05) is 6.61 Å². The SMILES string of the molecule is C=C(CC)CC(N)c1ccc(OCCCC)cc1. The lowest BCUT2D eigenvalue weighted by molar-refractivity contribution is 0.309. The predicted molar refractivity (Wildman–Crippen MR) is 77.8 cm³/mol. The Kier molecular flexibility index (Phi) is 6.51. The number of nitrogens with two attached hydrogens (primary N) is 1. The van der Waals surface area contributed by atoms with E-state index in [9.17, 15) is 0 Å². The van der Waals surface area contributed by atoms with Gasteiger partial charge >= 0.3 is 0 Å². The van der Waals surface area contributed by atoms with Gasteiger partial charge in [0, 0.05) is 6.04 Å². The predicted octanol–water partition coefficient (Wildman–Crippen LogP) is 4.22. The summed E-state index contributed by atoms with van der Waals surface area (Å²) in [6, 6.07) is 8.14. The van der Waals surface area contributed by atoms with Crippen LogP contribution in [-0.4, -0.2) is 6.61 Å². The maximum absolute atomic E-state index is 6.14. The molecule has 0 aliphatic heterocycles. The topological polar surface area (TPSA) is 35.2 Å². The Bertz CT molecular complexity index is 356. The summed E-state index contributed by atoms with van der Waals surface area (Å²) in [5.41, 5.74) is 8.49. The van der Waals surface area contributed by atoms with E-state index in [-0.39, 0.29) is 6.04 Å². The lowest BCUT2D eigenvalue weighted by Gasteiger charge is -2.14. The van der Waals surface area contributed by atoms with Crippen LogP contribution in [0.2, 0.25) is 0 Å². The van der Waals surface area contributed by atoms with Crippen molar-refractivity contribution in [3.63, 3.8) is 0 Å². The third-order valence-electron chi connectivity index (χ3n) is 3.08. The molecule has 2 nitrogen and oxygen atoms in total. The van der Waals surface area contributed by atoms with Crippen molar-refractivity contribution in [1.82, 2.24) is 0 Å². The van der Waals surface area contributed by atoms with Gasteiger partial charge in [0.25, 0.3) is 0 Å². The quantitative estimate of drug-likeness (QED) is 0.551. The van der Waals surface area contributed by atoms with Crippen molar-refractivity contribution in [2.24, 2.45) is 5.73 Å². The number of unbranched alkanes of at least 4 members (excludes halogenated alkanes) is 1. The third kappa shape index (κ3) is 4.92. The Morgan fingerprint density at radius 2 is 1.94 bits per heavy atom. The summed E-state index contributed by atoms with van der Waals surface area (Å²) in [5.74, 6) is 0.925. The number of rotatable bonds is 8. The van der Waals surface area contributed by atoms with Crippen LogP contribution in [0.4, 0.5) is 0 Å². The number of ether oxygens (including phenoxy) is 1. The first kappa shape index (κ1) is 14.8. The Morgan fingerprint density at radius 3 is 2.50 bits per heavy atom. The van der Waals surface area contributed by atoms with Crippen molar-refractivity contribution in [3.8, 4) is 5.75 Å². The zero-order valence-corrected chi connectivity index (χ0v) is 11.6. The average molecular weight is 247 g/mol. The van der Waals surface area contributed by atoms with E-state index < -0.39 is 0 Å². The van der Waals surface area contributed by atoms with Crippen molar-refractivity contribution >= 4 is 0 Å². The molecule has 0 aliphatic rings. The molecule has 0 saturated heterocycles. The molecule has 1 atom stereocenters. The molecule has 2 heteroatoms. The van der Waals surface area contributed by atoms with Gasteiger partial charge in [-0.25, -0.2) is 0 Å². The van der Waals surface area contributed by atoms with E-state index in [0.717, 1.165) is 43.6 Å². The molecule has 18 heavy (non-hydrogen) atoms. The standard InChI is InChI=1S/C16H25NO/c1-4-6-11-18-15-9-7-14(8-10-15)16(17)12-13(3)5-2/h7-10,16H,3-6,11-12,17H2,1-2H3. The zero-order valence-electron chi connectivity index (χ0n) is 11.6. The van der Waals surface area contributed by atoms with Crippen molar-refractivity contribution in [1.29, 1.82) is 0 Å². The maximum Gasteiger partial charge on any atom is 0.119 e. The second-order valence-corrected chi connectivity index (χ2v) is 4.69. The van der Waals surface area contributed by atoms with Crippen LogP contribution in [0.1, 0.15) is 51.1 Å². The fourth-order valence-corrected chi connectivity index (χ4v) is 1.72. The average Bonchev–Trinajstić information content (AvgIpc) is 2.39. The highest BCUT2D eigenvalue weighted by molar-refractivity contribution is 5.29. The highest BCUT2D eigenvalue weighted by Gasteiger charge is 2.07. The van der Waals surface area contributed by atoms with Crippen LogP contribution in [0.5, 0.6) is 5.75 Å². The summed E-state index contributed by atoms with van der Waals surface area (Å²) in [6.07, 6.45) is 4.10. The number of benzene rings is 1. The molecule has 2 N–H and O–H groups in total. The minimum Gasteiger partial charge on any atom is -0.494 e. The number of hydrogen-bond donors (Lipinski definition) is 1. The van der Waals surface area contributed by atoms with Gasteiger partial charge < -0.3 is 10.5 Å². The lowest BCUT2D eigenvalue weighted by Crippen LogP contribution is -2.10. The van der Waals surface area contributed by atoms with Gasteiger partial charge in [-0.05, 0) is 37.0 Å². The van der Waals surface area contributed by atoms with Crippen LogP contribution in [0.15, 0.2) is 36.4 Å². The Labute approximate surface area is 111 Å². The fraction of sp³-hybridized carbons (Fsp3) is 0.500. The van der Waals surface area contributed by atoms with Crippen LogP contribution in [0.25, 0.3) is 0 Å². The fourth-order valence-electron chi connectivity index (χ4n) is 1.72. The molecule has 1 aromatic carbocycles. The van der Waals surface area contributed by atoms with Gasteiger partial charge in [0.2, 0.25) is 0 Å². The minimum atomic E-state index is 0.0436. The van der Waals surface area contributed by atoms with E-state index in [0.29, 0.717) is 0 Å². The highest BCUT2D eigenvalue weighted by Crippen LogP contribution is 2.22. The largest absolute Gasteiger partial charge is 0.494 e. The summed E-state index contributed by atoms with van der Waals surface area (Å²) in [7, 11) is 0. The molecule has 0 aromatic heterocycles. The molecule has 1 unspecified atom stereocenters. The first-order valence-corrected chi connectivity index (χ1v) is 6.82. The summed E-state index contributed by atoms with van der Waals surface area (Å²) in [4.78, 5) is 0. The van der Waals surface area contributed by atoms with Gasteiger partial charge in [-0.2, -0.15) is 0 Å². The van der Waals surface area contributed by atoms with Gasteiger partial charge in [-0.15, -0.1) is 0 Å². The monoisotopic (exact) mass is 247 g/mol. The molecule has 100 valence electrons. The van der Waals surface area contributed by atoms with Crippen LogP contribution < -0.4 is 10.5 Å². The smallest absolute Gasteiger partial charge is 0.119 e. The molecule has 0 heterocycles. The molecule has 0 radical (unpaired) electrons. The molecule has 0 spiro atoms. The van der Waals surface area contributed by atoms with Gasteiger partial charge in [0.1, 0.15) is 5.75 Å². The second kappa shape index (κ2) is 7.93. The Hall–Kier alpha value is -1.28. The molecule has 1 aromatic rings. The Morgan fingerprint density at radius 1 is 1.28 bits per heavy atom. The zero-order chi connectivity index (χ0) is 13.4. The Balaban J connectivity index is 2.51. The van der Waals surface area contributed by atoms with Crippen molar-refractivity contribution < 1.29 is 4.74 Å². The van der Waals surface area contributed by atoms with Crippen LogP contribution in [-0.2, 0) is 0 Å². The lowest BCUT2D eigenvalue weighted by atomic mass is 9.99. The molecule has 1 rings (SSSR count). The van der Waals surface area contributed by atoms with Crippen LogP contribution in [0.3, 0.4) is 0 Å². The third-order valence-corrected chi connectivity index (χ3v) is 3.08. The summed E-state index contributed by atoms with van der Waals surface area (Å²) in [6.45, 7) is 9.06. The molecule has 0 fully saturated rings. The summed E-state index contributed by atoms with van der Waals surface area (Å²) in [5, 5.41) is 0. The normalized spacial score (nSPS) is 12.2. The van der Waals surface area contributed by atoms with Crippen molar-refractivity contribution in [2.45, 2.75) is 45.6 Å². The second-order valence-electron chi connectivity index (χ2n) is 4.69. The highest BCUT2D eigenvalue weighted by atomic mass is 16.5.